The minimum atomic E-state index is -1.03. The first-order valence-electron chi connectivity index (χ1n) is 38.0. The summed E-state index contributed by atoms with van der Waals surface area (Å²) in [4.78, 5) is 111. The Kier molecular flexibility index (Phi) is 26.7. The van der Waals surface area contributed by atoms with E-state index < -0.39 is 35.6 Å². The number of benzene rings is 13. The smallest absolute Gasteiger partial charge is 0.303 e. The highest BCUT2D eigenvalue weighted by molar-refractivity contribution is 6.13. The highest BCUT2D eigenvalue weighted by Crippen LogP contribution is 2.32. The van der Waals surface area contributed by atoms with Gasteiger partial charge in [0.25, 0.3) is 17.7 Å². The molecule has 13 aromatic carbocycles. The fraction of sp³-hybridized carbons (Fsp3) is 0.0645. The van der Waals surface area contributed by atoms with Crippen LogP contribution in [0.25, 0.3) is 0 Å². The van der Waals surface area contributed by atoms with Gasteiger partial charge in [0, 0.05) is 172 Å². The van der Waals surface area contributed by atoms with Crippen molar-refractivity contribution in [2.24, 2.45) is 0 Å². The summed E-state index contributed by atoms with van der Waals surface area (Å²) in [6.45, 7) is 0. The number of hydrogen-bond donors (Lipinski definition) is 18. The van der Waals surface area contributed by atoms with E-state index in [1.54, 1.807) is 72.8 Å². The van der Waals surface area contributed by atoms with Gasteiger partial charge in [-0.25, -0.2) is 0 Å². The van der Waals surface area contributed by atoms with Gasteiger partial charge in [-0.15, -0.1) is 0 Å². The third-order valence-corrected chi connectivity index (χ3v) is 18.3. The van der Waals surface area contributed by atoms with Gasteiger partial charge in [0.05, 0.1) is 19.3 Å². The summed E-state index contributed by atoms with van der Waals surface area (Å²) in [5.41, 5.74) is 17.9. The summed E-state index contributed by atoms with van der Waals surface area (Å²) in [5.74, 6) is -5.93. The van der Waals surface area contributed by atoms with Crippen molar-refractivity contribution in [3.63, 3.8) is 0 Å². The Morgan fingerprint density at radius 1 is 0.158 bits per heavy atom. The van der Waals surface area contributed by atoms with E-state index >= 15 is 0 Å². The second kappa shape index (κ2) is 39.4. The number of anilines is 24. The molecule has 0 saturated heterocycles. The normalized spacial score (nSPS) is 10.6. The van der Waals surface area contributed by atoms with Gasteiger partial charge in [-0.2, -0.15) is 0 Å². The molecule has 120 heavy (non-hydrogen) atoms. The zero-order chi connectivity index (χ0) is 83.7. The van der Waals surface area contributed by atoms with Crippen LogP contribution in [-0.2, 0) is 28.8 Å². The second-order valence-electron chi connectivity index (χ2n) is 27.5. The molecule has 0 aliphatic rings. The molecular formula is C93H81N15O12. The van der Waals surface area contributed by atoms with E-state index in [0.717, 1.165) is 102 Å². The summed E-state index contributed by atoms with van der Waals surface area (Å²) in [6.07, 6.45) is -1.06. The van der Waals surface area contributed by atoms with Gasteiger partial charge in [-0.05, 0) is 309 Å². The first kappa shape index (κ1) is 81.3. The van der Waals surface area contributed by atoms with Crippen LogP contribution in [0.3, 0.4) is 0 Å². The van der Waals surface area contributed by atoms with Crippen LogP contribution in [0.1, 0.15) is 69.6 Å². The largest absolute Gasteiger partial charge is 0.481 e. The summed E-state index contributed by atoms with van der Waals surface area (Å²) < 4.78 is 0. The predicted molar refractivity (Wildman–Crippen MR) is 474 cm³/mol. The lowest BCUT2D eigenvalue weighted by atomic mass is 10.0. The van der Waals surface area contributed by atoms with Crippen LogP contribution in [0.2, 0.25) is 0 Å². The lowest BCUT2D eigenvalue weighted by Gasteiger charge is -2.13. The lowest BCUT2D eigenvalue weighted by molar-refractivity contribution is -0.138. The number of aliphatic carboxylic acids is 3. The van der Waals surface area contributed by atoms with Gasteiger partial charge >= 0.3 is 17.9 Å². The van der Waals surface area contributed by atoms with Crippen LogP contribution in [0, 0.1) is 0 Å². The van der Waals surface area contributed by atoms with Gasteiger partial charge in [-0.3, -0.25) is 43.2 Å². The molecule has 0 fully saturated rings. The number of carbonyl (C=O) groups is 9. The quantitative estimate of drug-likeness (QED) is 0.0173. The second-order valence-corrected chi connectivity index (χ2v) is 27.5. The molecule has 0 radical (unpaired) electrons. The highest BCUT2D eigenvalue weighted by Gasteiger charge is 2.20. The zero-order valence-corrected chi connectivity index (χ0v) is 64.2. The predicted octanol–water partition coefficient (Wildman–Crippen LogP) is 20.5. The van der Waals surface area contributed by atoms with E-state index in [1.165, 1.54) is 18.2 Å². The summed E-state index contributed by atoms with van der Waals surface area (Å²) >= 11 is 0. The molecule has 0 unspecified atom stereocenters. The molecule has 0 aliphatic heterocycles. The Morgan fingerprint density at radius 3 is 0.383 bits per heavy atom. The Bertz CT molecular complexity index is 5210. The van der Waals surface area contributed by atoms with Gasteiger partial charge < -0.3 is 95.1 Å². The van der Waals surface area contributed by atoms with Gasteiger partial charge in [0.15, 0.2) is 0 Å². The van der Waals surface area contributed by atoms with Crippen molar-refractivity contribution in [1.82, 2.24) is 0 Å². The van der Waals surface area contributed by atoms with Crippen molar-refractivity contribution < 1.29 is 58.5 Å². The Hall–Kier alpha value is -16.7. The van der Waals surface area contributed by atoms with Crippen LogP contribution in [0.15, 0.2) is 309 Å². The molecule has 0 spiro atoms. The van der Waals surface area contributed by atoms with Gasteiger partial charge in [0.1, 0.15) is 0 Å². The van der Waals surface area contributed by atoms with E-state index in [-0.39, 0.29) is 72.9 Å². The monoisotopic (exact) mass is 1600 g/mol. The molecule has 27 nitrogen and oxygen atoms in total. The standard InChI is InChI=1S/C93H81N15O12/c109-85(49-52-88(112)113)103-79-37-25-73(26-38-79)97-67-13-1-61(2-14-67)94-64-7-19-70(20-8-64)100-76-31-43-82(44-32-76)106-91(118)58-55-59(92(119)107-83-45-33-77(34-46-83)101-71-21-9-65(10-22-71)95-62-3-15-68(16-4-62)98-74-27-39-80(40-28-74)104-86(110)50-53-89(114)115)57-60(56-58)93(120)108-84-47-35-78(36-48-84)102-72-23-11-66(12-24-72)96-63-5-17-69(18-6-63)99-75-29-41-81(42-30-75)105-87(111)51-54-90(116)117/h1-48,55-57,94-102H,49-54H2,(H,103,109)(H,104,110)(H,105,111)(H,106,118)(H,107,119)(H,108,120)(H,112,113)(H,114,115)(H,116,117). The first-order chi connectivity index (χ1) is 58.2. The molecule has 0 saturated carbocycles. The van der Waals surface area contributed by atoms with Crippen LogP contribution in [0.4, 0.5) is 136 Å². The van der Waals surface area contributed by atoms with Crippen molar-refractivity contribution in [1.29, 1.82) is 0 Å². The third-order valence-electron chi connectivity index (χ3n) is 18.3. The molecule has 13 rings (SSSR count). The molecule has 600 valence electrons. The molecule has 0 heterocycles. The van der Waals surface area contributed by atoms with Crippen molar-refractivity contribution in [3.05, 3.63) is 326 Å². The van der Waals surface area contributed by atoms with E-state index in [0.29, 0.717) is 34.1 Å². The number of amides is 6. The van der Waals surface area contributed by atoms with E-state index in [2.05, 4.69) is 79.8 Å². The summed E-state index contributed by atoms with van der Waals surface area (Å²) in [5, 5.41) is 73.8. The van der Waals surface area contributed by atoms with Crippen molar-refractivity contribution in [2.75, 3.05) is 79.8 Å². The SMILES string of the molecule is O=C(O)CCC(=O)Nc1ccc(Nc2ccc(Nc3ccc(Nc4ccc(NC(=O)c5cc(C(=O)Nc6ccc(Nc7ccc(Nc8ccc(Nc9ccc(NC(=O)CCC(=O)O)cc9)cc8)cc7)cc6)cc(C(=O)Nc6ccc(Nc7ccc(Nc8ccc(Nc9ccc(NC(=O)CCC(=O)O)cc9)cc8)cc7)cc6)c5)cc4)cc3)cc2)cc1. The van der Waals surface area contributed by atoms with Crippen LogP contribution >= 0.6 is 0 Å². The molecule has 0 bridgehead atoms. The van der Waals surface area contributed by atoms with E-state index in [4.69, 9.17) is 15.3 Å². The Labute approximate surface area is 689 Å². The maximum Gasteiger partial charge on any atom is 0.303 e. The highest BCUT2D eigenvalue weighted by atomic mass is 16.4. The maximum atomic E-state index is 14.3. The Balaban J connectivity index is 0.615. The van der Waals surface area contributed by atoms with Crippen LogP contribution in [0.5, 0.6) is 0 Å². The minimum Gasteiger partial charge on any atom is -0.481 e. The molecule has 0 atom stereocenters. The van der Waals surface area contributed by atoms with E-state index in [1.807, 2.05) is 218 Å². The number of hydrogen-bond acceptors (Lipinski definition) is 18. The summed E-state index contributed by atoms with van der Waals surface area (Å²) in [6, 6.07) is 93.3. The topological polar surface area (TPSA) is 395 Å². The molecule has 13 aromatic rings. The number of carbonyl (C=O) groups excluding carboxylic acids is 6. The van der Waals surface area contributed by atoms with Crippen LogP contribution < -0.4 is 79.8 Å². The zero-order valence-electron chi connectivity index (χ0n) is 64.2. The molecule has 18 N–H and O–H groups in total. The molecule has 0 aromatic heterocycles. The maximum absolute atomic E-state index is 14.3. The first-order valence-corrected chi connectivity index (χ1v) is 38.0. The summed E-state index contributed by atoms with van der Waals surface area (Å²) in [7, 11) is 0. The molecule has 27 heteroatoms. The number of carboxylic acid groups (broad SMARTS) is 3. The fourth-order valence-corrected chi connectivity index (χ4v) is 12.1. The molecule has 6 amide bonds. The van der Waals surface area contributed by atoms with E-state index in [9.17, 15) is 43.2 Å². The fourth-order valence-electron chi connectivity index (χ4n) is 12.1. The van der Waals surface area contributed by atoms with Gasteiger partial charge in [-0.1, -0.05) is 0 Å². The van der Waals surface area contributed by atoms with Crippen molar-refractivity contribution in [2.45, 2.75) is 38.5 Å². The number of rotatable bonds is 36. The molecular weight excluding hydrogens is 1520 g/mol. The van der Waals surface area contributed by atoms with Crippen molar-refractivity contribution in [3.8, 4) is 0 Å². The van der Waals surface area contributed by atoms with Gasteiger partial charge in [0.2, 0.25) is 17.7 Å². The number of carboxylic acids is 3. The third kappa shape index (κ3) is 24.9. The minimum absolute atomic E-state index is 0.0468. The average molecular weight is 1600 g/mol. The van der Waals surface area contributed by atoms with Crippen molar-refractivity contribution >= 4 is 190 Å². The number of nitrogens with one attached hydrogen (secondary N) is 15. The average Bonchev–Trinajstić information content (AvgIpc) is 0.810. The lowest BCUT2D eigenvalue weighted by Crippen LogP contribution is -2.19. The molecule has 0 aliphatic carbocycles. The Morgan fingerprint density at radius 2 is 0.267 bits per heavy atom. The van der Waals surface area contributed by atoms with Crippen LogP contribution in [-0.4, -0.2) is 68.7 Å².